The third-order valence-electron chi connectivity index (χ3n) is 15.2. The minimum absolute atomic E-state index is 0.0612. The molecular weight excluding hydrogens is 813 g/mol. The van der Waals surface area contributed by atoms with Crippen LogP contribution in [0.3, 0.4) is 0 Å². The number of nitrogens with zero attached hydrogens (tertiary/aromatic N) is 4. The maximum Gasteiger partial charge on any atom is 0.0625 e. The van der Waals surface area contributed by atoms with Crippen LogP contribution < -0.4 is 0 Å². The van der Waals surface area contributed by atoms with Gasteiger partial charge in [0.15, 0.2) is 0 Å². The van der Waals surface area contributed by atoms with Crippen molar-refractivity contribution in [1.82, 2.24) is 18.3 Å². The van der Waals surface area contributed by atoms with Crippen LogP contribution >= 0.6 is 0 Å². The number of aryl methyl sites for hydroxylation is 4. The van der Waals surface area contributed by atoms with Crippen LogP contribution in [0.1, 0.15) is 60.6 Å². The van der Waals surface area contributed by atoms with Crippen LogP contribution in [0, 0.1) is 27.7 Å². The Hall–Kier alpha value is -7.82. The minimum atomic E-state index is -0.0612. The van der Waals surface area contributed by atoms with Crippen LogP contribution in [0.4, 0.5) is 0 Å². The molecule has 4 nitrogen and oxygen atoms in total. The number of hydrogen-bond acceptors (Lipinski definition) is 0. The van der Waals surface area contributed by atoms with Crippen molar-refractivity contribution in [2.45, 2.75) is 59.8 Å². The quantitative estimate of drug-likeness (QED) is 0.159. The molecule has 0 saturated heterocycles. The molecule has 2 aliphatic rings. The SMILES string of the molecule is Cc1cc2ccc3c(cc(C)n3-c3ccccc3-c3ccccc3)c2n1C1=CC2=C(CC1)C(C)(C)c1ccc(-n3c(C)cc4ccc5c(cc(C)n5-c5ccccc5-c5ccccc5)c43)cc12. The normalized spacial score (nSPS) is 14.4. The lowest BCUT2D eigenvalue weighted by Gasteiger charge is -2.27. The molecule has 4 aromatic heterocycles. The summed E-state index contributed by atoms with van der Waals surface area (Å²) in [4.78, 5) is 0. The van der Waals surface area contributed by atoms with E-state index in [2.05, 4.69) is 242 Å². The first-order chi connectivity index (χ1) is 32.7. The molecule has 4 heterocycles. The van der Waals surface area contributed by atoms with Gasteiger partial charge in [0.05, 0.1) is 33.4 Å². The van der Waals surface area contributed by atoms with Crippen LogP contribution in [0.2, 0.25) is 0 Å². The van der Waals surface area contributed by atoms with E-state index in [0.29, 0.717) is 0 Å². The van der Waals surface area contributed by atoms with E-state index < -0.39 is 0 Å². The Labute approximate surface area is 392 Å². The number of benzene rings is 7. The fourth-order valence-electron chi connectivity index (χ4n) is 12.3. The molecule has 11 aromatic rings. The van der Waals surface area contributed by atoms with Gasteiger partial charge in [0.25, 0.3) is 0 Å². The summed E-state index contributed by atoms with van der Waals surface area (Å²) >= 11 is 0. The number of hydrogen-bond donors (Lipinski definition) is 0. The summed E-state index contributed by atoms with van der Waals surface area (Å²) < 4.78 is 9.98. The molecule has 0 fully saturated rings. The van der Waals surface area contributed by atoms with Crippen molar-refractivity contribution in [3.63, 3.8) is 0 Å². The molecule has 4 heteroatoms. The molecule has 0 spiro atoms. The van der Waals surface area contributed by atoms with E-state index in [-0.39, 0.29) is 5.41 Å². The summed E-state index contributed by atoms with van der Waals surface area (Å²) in [5.74, 6) is 0. The van der Waals surface area contributed by atoms with E-state index in [1.54, 1.807) is 5.57 Å². The molecule has 0 bridgehead atoms. The van der Waals surface area contributed by atoms with Gasteiger partial charge in [-0.25, -0.2) is 0 Å². The standard InChI is InChI=1S/C63H52N4/c1-39-33-45-25-31-59-53(35-41(3)66(59)57-23-15-13-21-49(57)43-17-9-7-10-18-43)61(45)64(39)47-27-29-55-51(37-47)52-38-48(28-30-56(52)63(55,5)6)65-40(2)34-46-26-32-60-54(62(46)65)36-42(4)67(60)58-24-16-14-22-50(58)44-19-11-8-12-20-44/h7-27,29,31-38H,28,30H2,1-6H3. The maximum absolute atomic E-state index is 2.58. The van der Waals surface area contributed by atoms with Crippen molar-refractivity contribution in [3.05, 3.63) is 221 Å². The van der Waals surface area contributed by atoms with Gasteiger partial charge in [-0.2, -0.15) is 0 Å². The summed E-state index contributed by atoms with van der Waals surface area (Å²) in [5.41, 5.74) is 25.5. The Morgan fingerprint density at radius 3 is 1.48 bits per heavy atom. The number of rotatable bonds is 6. The summed E-state index contributed by atoms with van der Waals surface area (Å²) in [7, 11) is 0. The average Bonchev–Trinajstić information content (AvgIpc) is 4.13. The highest BCUT2D eigenvalue weighted by Crippen LogP contribution is 2.53. The van der Waals surface area contributed by atoms with E-state index in [0.717, 1.165) is 12.8 Å². The van der Waals surface area contributed by atoms with E-state index in [1.165, 1.54) is 128 Å². The zero-order valence-corrected chi connectivity index (χ0v) is 39.0. The van der Waals surface area contributed by atoms with Crippen LogP contribution in [-0.4, -0.2) is 18.3 Å². The fourth-order valence-corrected chi connectivity index (χ4v) is 12.3. The molecule has 13 rings (SSSR count). The second-order valence-electron chi connectivity index (χ2n) is 19.5. The van der Waals surface area contributed by atoms with E-state index in [1.807, 2.05) is 0 Å². The predicted octanol–water partition coefficient (Wildman–Crippen LogP) is 16.4. The smallest absolute Gasteiger partial charge is 0.0625 e. The Balaban J connectivity index is 0.948. The average molecular weight is 865 g/mol. The van der Waals surface area contributed by atoms with Crippen LogP contribution in [0.25, 0.3) is 94.2 Å². The lowest BCUT2D eigenvalue weighted by Crippen LogP contribution is -2.18. The van der Waals surface area contributed by atoms with Gasteiger partial charge in [-0.05, 0) is 135 Å². The molecule has 0 amide bonds. The summed E-state index contributed by atoms with van der Waals surface area (Å²) in [6, 6.07) is 65.2. The van der Waals surface area contributed by atoms with Gasteiger partial charge in [-0.1, -0.05) is 135 Å². The van der Waals surface area contributed by atoms with E-state index in [4.69, 9.17) is 0 Å². The van der Waals surface area contributed by atoms with E-state index in [9.17, 15) is 0 Å². The molecule has 324 valence electrons. The molecule has 0 atom stereocenters. The van der Waals surface area contributed by atoms with Crippen LogP contribution in [-0.2, 0) is 5.41 Å². The third-order valence-corrected chi connectivity index (χ3v) is 15.2. The Morgan fingerprint density at radius 1 is 0.418 bits per heavy atom. The van der Waals surface area contributed by atoms with Crippen LogP contribution in [0.5, 0.6) is 0 Å². The highest BCUT2D eigenvalue weighted by atomic mass is 15.0. The Kier molecular flexibility index (Phi) is 8.61. The minimum Gasteiger partial charge on any atom is -0.317 e. The molecule has 67 heavy (non-hydrogen) atoms. The molecule has 0 aliphatic heterocycles. The van der Waals surface area contributed by atoms with Crippen molar-refractivity contribution >= 4 is 54.9 Å². The fraction of sp³-hybridized carbons (Fsp3) is 0.143. The Morgan fingerprint density at radius 2 is 0.910 bits per heavy atom. The van der Waals surface area contributed by atoms with Crippen LogP contribution in [0.15, 0.2) is 188 Å². The second kappa shape index (κ2) is 14.6. The summed E-state index contributed by atoms with van der Waals surface area (Å²) in [6.45, 7) is 13.9. The molecule has 0 unspecified atom stereocenters. The number of para-hydroxylation sites is 2. The molecule has 7 aromatic carbocycles. The summed E-state index contributed by atoms with van der Waals surface area (Å²) in [5, 5.41) is 5.09. The number of aromatic nitrogens is 4. The zero-order chi connectivity index (χ0) is 45.3. The largest absolute Gasteiger partial charge is 0.317 e. The predicted molar refractivity (Wildman–Crippen MR) is 282 cm³/mol. The molecular formula is C63H52N4. The Bertz CT molecular complexity index is 3910. The zero-order valence-electron chi connectivity index (χ0n) is 39.0. The maximum atomic E-state index is 2.58. The first-order valence-corrected chi connectivity index (χ1v) is 23.8. The number of fused-ring (bicyclic) bond motifs is 8. The van der Waals surface area contributed by atoms with E-state index >= 15 is 0 Å². The van der Waals surface area contributed by atoms with Gasteiger partial charge in [0.1, 0.15) is 0 Å². The van der Waals surface area contributed by atoms with Gasteiger partial charge in [-0.3, -0.25) is 0 Å². The monoisotopic (exact) mass is 864 g/mol. The van der Waals surface area contributed by atoms with Crippen molar-refractivity contribution < 1.29 is 0 Å². The van der Waals surface area contributed by atoms with Crippen molar-refractivity contribution in [1.29, 1.82) is 0 Å². The second-order valence-corrected chi connectivity index (χ2v) is 19.5. The topological polar surface area (TPSA) is 19.7 Å². The number of allylic oxidation sites excluding steroid dienone is 4. The first-order valence-electron chi connectivity index (χ1n) is 23.8. The van der Waals surface area contributed by atoms with Gasteiger partial charge >= 0.3 is 0 Å². The molecule has 2 aliphatic carbocycles. The molecule has 0 radical (unpaired) electrons. The van der Waals surface area contributed by atoms with Crippen molar-refractivity contribution in [3.8, 4) is 39.3 Å². The van der Waals surface area contributed by atoms with Crippen molar-refractivity contribution in [2.75, 3.05) is 0 Å². The van der Waals surface area contributed by atoms with Crippen molar-refractivity contribution in [2.24, 2.45) is 0 Å². The lowest BCUT2D eigenvalue weighted by molar-refractivity contribution is 0.606. The lowest BCUT2D eigenvalue weighted by atomic mass is 9.78. The summed E-state index contributed by atoms with van der Waals surface area (Å²) in [6.07, 6.45) is 4.56. The van der Waals surface area contributed by atoms with Gasteiger partial charge < -0.3 is 18.3 Å². The molecule has 0 N–H and O–H groups in total. The van der Waals surface area contributed by atoms with Gasteiger partial charge in [-0.15, -0.1) is 0 Å². The van der Waals surface area contributed by atoms with Gasteiger partial charge in [0, 0.05) is 72.2 Å². The third kappa shape index (κ3) is 5.78. The van der Waals surface area contributed by atoms with Gasteiger partial charge in [0.2, 0.25) is 0 Å². The molecule has 0 saturated carbocycles. The first kappa shape index (κ1) is 39.5. The highest BCUT2D eigenvalue weighted by Gasteiger charge is 2.39. The highest BCUT2D eigenvalue weighted by molar-refractivity contribution is 6.10.